The lowest BCUT2D eigenvalue weighted by Crippen LogP contribution is -2.00. The van der Waals surface area contributed by atoms with Gasteiger partial charge in [-0.2, -0.15) is 0 Å². The van der Waals surface area contributed by atoms with Crippen LogP contribution in [0.5, 0.6) is 0 Å². The van der Waals surface area contributed by atoms with E-state index in [1.165, 1.54) is 24.0 Å². The second-order valence-corrected chi connectivity index (χ2v) is 3.94. The van der Waals surface area contributed by atoms with Crippen LogP contribution < -0.4 is 0 Å². The average Bonchev–Trinajstić information content (AvgIpc) is 2.15. The monoisotopic (exact) mass is 178 g/mol. The summed E-state index contributed by atoms with van der Waals surface area (Å²) in [6, 6.07) is 0. The Bertz CT molecular complexity index is 242. The molecule has 0 unspecified atom stereocenters. The van der Waals surface area contributed by atoms with Crippen molar-refractivity contribution in [2.45, 2.75) is 46.0 Å². The normalized spacial score (nSPS) is 17.1. The molecule has 0 N–H and O–H groups in total. The Balaban J connectivity index is 2.68. The first-order valence-electron chi connectivity index (χ1n) is 5.03. The Morgan fingerprint density at radius 3 is 2.62 bits per heavy atom. The zero-order chi connectivity index (χ0) is 9.68. The highest BCUT2D eigenvalue weighted by atomic mass is 16.1. The van der Waals surface area contributed by atoms with Gasteiger partial charge in [0.1, 0.15) is 6.29 Å². The van der Waals surface area contributed by atoms with Crippen LogP contribution in [-0.4, -0.2) is 6.29 Å². The summed E-state index contributed by atoms with van der Waals surface area (Å²) < 4.78 is 0. The third-order valence-electron chi connectivity index (χ3n) is 2.53. The van der Waals surface area contributed by atoms with E-state index in [0.717, 1.165) is 31.1 Å². The molecule has 0 aliphatic heterocycles. The van der Waals surface area contributed by atoms with Gasteiger partial charge in [0.2, 0.25) is 0 Å². The molecule has 1 nitrogen and oxygen atoms in total. The first kappa shape index (κ1) is 10.2. The van der Waals surface area contributed by atoms with E-state index >= 15 is 0 Å². The molecular formula is C12H18O. The van der Waals surface area contributed by atoms with E-state index in [1.807, 2.05) is 0 Å². The van der Waals surface area contributed by atoms with Gasteiger partial charge < -0.3 is 0 Å². The van der Waals surface area contributed by atoms with E-state index in [2.05, 4.69) is 19.9 Å². The zero-order valence-electron chi connectivity index (χ0n) is 8.60. The van der Waals surface area contributed by atoms with Crippen LogP contribution >= 0.6 is 0 Å². The second kappa shape index (κ2) is 5.00. The largest absolute Gasteiger partial charge is 0.298 e. The minimum absolute atomic E-state index is 0.983. The van der Waals surface area contributed by atoms with Crippen molar-refractivity contribution in [3.05, 3.63) is 22.8 Å². The van der Waals surface area contributed by atoms with E-state index in [4.69, 9.17) is 0 Å². The zero-order valence-corrected chi connectivity index (χ0v) is 8.60. The van der Waals surface area contributed by atoms with E-state index in [-0.39, 0.29) is 0 Å². The van der Waals surface area contributed by atoms with Crippen LogP contribution in [0.1, 0.15) is 46.0 Å². The molecule has 0 bridgehead atoms. The van der Waals surface area contributed by atoms with Crippen molar-refractivity contribution in [1.82, 2.24) is 0 Å². The maximum Gasteiger partial charge on any atom is 0.145 e. The van der Waals surface area contributed by atoms with Gasteiger partial charge in [-0.3, -0.25) is 4.79 Å². The van der Waals surface area contributed by atoms with E-state index < -0.39 is 0 Å². The number of carbonyl (C=O) groups is 1. The molecule has 0 spiro atoms. The fourth-order valence-electron chi connectivity index (χ4n) is 1.69. The molecule has 0 heterocycles. The van der Waals surface area contributed by atoms with Gasteiger partial charge >= 0.3 is 0 Å². The molecule has 1 heteroatoms. The lowest BCUT2D eigenvalue weighted by atomic mass is 9.90. The molecule has 0 fully saturated rings. The molecule has 0 amide bonds. The minimum atomic E-state index is 0.983. The Kier molecular flexibility index (Phi) is 3.94. The average molecular weight is 178 g/mol. The number of aldehydes is 1. The molecule has 0 atom stereocenters. The Hall–Kier alpha value is -0.850. The standard InChI is InChI=1S/C12H18O/c1-10(2)7-8-11-5-3-4-6-12(11)9-13/h7,9H,3-6,8H2,1-2H3. The number of hydrogen-bond acceptors (Lipinski definition) is 1. The number of allylic oxidation sites excluding steroid dienone is 4. The molecule has 0 saturated carbocycles. The highest BCUT2D eigenvalue weighted by molar-refractivity contribution is 5.74. The van der Waals surface area contributed by atoms with Crippen molar-refractivity contribution < 1.29 is 4.79 Å². The van der Waals surface area contributed by atoms with Crippen molar-refractivity contribution in [3.63, 3.8) is 0 Å². The van der Waals surface area contributed by atoms with Crippen LogP contribution in [0.2, 0.25) is 0 Å². The summed E-state index contributed by atoms with van der Waals surface area (Å²) >= 11 is 0. The Labute approximate surface area is 80.5 Å². The van der Waals surface area contributed by atoms with Gasteiger partial charge in [0, 0.05) is 0 Å². The van der Waals surface area contributed by atoms with Gasteiger partial charge in [-0.15, -0.1) is 0 Å². The maximum absolute atomic E-state index is 10.7. The predicted octanol–water partition coefficient (Wildman–Crippen LogP) is 3.41. The fourth-order valence-corrected chi connectivity index (χ4v) is 1.69. The van der Waals surface area contributed by atoms with Crippen molar-refractivity contribution in [2.75, 3.05) is 0 Å². The molecule has 0 aromatic heterocycles. The van der Waals surface area contributed by atoms with E-state index in [0.29, 0.717) is 0 Å². The number of carbonyl (C=O) groups excluding carboxylic acids is 1. The lowest BCUT2D eigenvalue weighted by Gasteiger charge is -2.15. The summed E-state index contributed by atoms with van der Waals surface area (Å²) in [5.41, 5.74) is 3.76. The molecule has 0 radical (unpaired) electrons. The number of rotatable bonds is 3. The Morgan fingerprint density at radius 2 is 2.00 bits per heavy atom. The SMILES string of the molecule is CC(C)=CCC1=C(C=O)CCCC1. The van der Waals surface area contributed by atoms with Gasteiger partial charge in [-0.1, -0.05) is 17.2 Å². The van der Waals surface area contributed by atoms with Crippen LogP contribution in [-0.2, 0) is 4.79 Å². The molecule has 0 aromatic carbocycles. The van der Waals surface area contributed by atoms with Crippen molar-refractivity contribution in [2.24, 2.45) is 0 Å². The van der Waals surface area contributed by atoms with Crippen LogP contribution in [0.25, 0.3) is 0 Å². The summed E-state index contributed by atoms with van der Waals surface area (Å²) in [4.78, 5) is 10.7. The van der Waals surface area contributed by atoms with Gasteiger partial charge in [0.05, 0.1) is 0 Å². The second-order valence-electron chi connectivity index (χ2n) is 3.94. The van der Waals surface area contributed by atoms with Crippen molar-refractivity contribution in [3.8, 4) is 0 Å². The van der Waals surface area contributed by atoms with Crippen molar-refractivity contribution in [1.29, 1.82) is 0 Å². The maximum atomic E-state index is 10.7. The van der Waals surface area contributed by atoms with Gasteiger partial charge in [0.25, 0.3) is 0 Å². The Morgan fingerprint density at radius 1 is 1.31 bits per heavy atom. The quantitative estimate of drug-likeness (QED) is 0.478. The van der Waals surface area contributed by atoms with Gasteiger partial charge in [0.15, 0.2) is 0 Å². The summed E-state index contributed by atoms with van der Waals surface area (Å²) in [7, 11) is 0. The highest BCUT2D eigenvalue weighted by Gasteiger charge is 2.10. The molecule has 72 valence electrons. The summed E-state index contributed by atoms with van der Waals surface area (Å²) in [6.07, 6.45) is 8.80. The predicted molar refractivity (Wildman–Crippen MR) is 55.6 cm³/mol. The van der Waals surface area contributed by atoms with Crippen LogP contribution in [0.4, 0.5) is 0 Å². The molecule has 0 saturated heterocycles. The molecule has 0 aromatic rings. The van der Waals surface area contributed by atoms with E-state index in [9.17, 15) is 4.79 Å². The van der Waals surface area contributed by atoms with E-state index in [1.54, 1.807) is 0 Å². The third-order valence-corrected chi connectivity index (χ3v) is 2.53. The van der Waals surface area contributed by atoms with Crippen molar-refractivity contribution >= 4 is 6.29 Å². The molecule has 1 aliphatic rings. The van der Waals surface area contributed by atoms with Crippen LogP contribution in [0.15, 0.2) is 22.8 Å². The molecular weight excluding hydrogens is 160 g/mol. The molecule has 1 rings (SSSR count). The van der Waals surface area contributed by atoms with Gasteiger partial charge in [-0.05, 0) is 51.5 Å². The summed E-state index contributed by atoms with van der Waals surface area (Å²) in [6.45, 7) is 4.20. The van der Waals surface area contributed by atoms with Gasteiger partial charge in [-0.25, -0.2) is 0 Å². The summed E-state index contributed by atoms with van der Waals surface area (Å²) in [5.74, 6) is 0. The smallest absolute Gasteiger partial charge is 0.145 e. The summed E-state index contributed by atoms with van der Waals surface area (Å²) in [5, 5.41) is 0. The topological polar surface area (TPSA) is 17.1 Å². The third kappa shape index (κ3) is 3.17. The lowest BCUT2D eigenvalue weighted by molar-refractivity contribution is -0.105. The van der Waals surface area contributed by atoms with Crippen LogP contribution in [0, 0.1) is 0 Å². The number of hydrogen-bond donors (Lipinski definition) is 0. The fraction of sp³-hybridized carbons (Fsp3) is 0.583. The molecule has 13 heavy (non-hydrogen) atoms. The molecule has 1 aliphatic carbocycles. The minimum Gasteiger partial charge on any atom is -0.298 e. The highest BCUT2D eigenvalue weighted by Crippen LogP contribution is 2.26. The van der Waals surface area contributed by atoms with Crippen LogP contribution in [0.3, 0.4) is 0 Å². The first-order chi connectivity index (χ1) is 6.24. The first-order valence-corrected chi connectivity index (χ1v) is 5.03.